The van der Waals surface area contributed by atoms with E-state index < -0.39 is 5.41 Å². The van der Waals surface area contributed by atoms with E-state index in [0.29, 0.717) is 32.0 Å². The van der Waals surface area contributed by atoms with Crippen molar-refractivity contribution in [1.82, 2.24) is 20.0 Å². The lowest BCUT2D eigenvalue weighted by Crippen LogP contribution is -2.59. The highest BCUT2D eigenvalue weighted by Gasteiger charge is 2.53. The van der Waals surface area contributed by atoms with Gasteiger partial charge in [0.25, 0.3) is 0 Å². The summed E-state index contributed by atoms with van der Waals surface area (Å²) >= 11 is 6.97. The Labute approximate surface area is 234 Å². The van der Waals surface area contributed by atoms with Gasteiger partial charge in [0.05, 0.1) is 29.6 Å². The zero-order valence-corrected chi connectivity index (χ0v) is 23.2. The molecule has 2 aromatic carbocycles. The molecule has 1 saturated carbocycles. The van der Waals surface area contributed by atoms with Gasteiger partial charge in [0, 0.05) is 38.7 Å². The maximum Gasteiger partial charge on any atom is 0.243 e. The van der Waals surface area contributed by atoms with Gasteiger partial charge in [-0.25, -0.2) is 0 Å². The maximum absolute atomic E-state index is 14.8. The van der Waals surface area contributed by atoms with Gasteiger partial charge in [-0.15, -0.1) is 11.6 Å². The fourth-order valence-corrected chi connectivity index (χ4v) is 6.28. The van der Waals surface area contributed by atoms with Gasteiger partial charge in [0.2, 0.25) is 11.8 Å². The van der Waals surface area contributed by atoms with Crippen molar-refractivity contribution < 1.29 is 9.59 Å². The van der Waals surface area contributed by atoms with Crippen LogP contribution < -0.4 is 15.5 Å². The Hall–Kier alpha value is -3.36. The molecule has 6 rings (SSSR count). The van der Waals surface area contributed by atoms with Crippen molar-refractivity contribution in [2.24, 2.45) is 18.4 Å². The molecule has 2 N–H and O–H groups in total. The highest BCUT2D eigenvalue weighted by atomic mass is 35.5. The van der Waals surface area contributed by atoms with Gasteiger partial charge in [0.1, 0.15) is 11.2 Å². The average Bonchev–Trinajstić information content (AvgIpc) is 3.72. The molecule has 0 radical (unpaired) electrons. The summed E-state index contributed by atoms with van der Waals surface area (Å²) in [6, 6.07) is 15.8. The van der Waals surface area contributed by atoms with Gasteiger partial charge in [-0.2, -0.15) is 5.10 Å². The molecule has 39 heavy (non-hydrogen) atoms. The third-order valence-corrected chi connectivity index (χ3v) is 8.78. The van der Waals surface area contributed by atoms with E-state index in [0.717, 1.165) is 40.4 Å². The number of rotatable bonds is 6. The number of amides is 2. The molecule has 2 fully saturated rings. The fourth-order valence-electron chi connectivity index (χ4n) is 5.84. The van der Waals surface area contributed by atoms with Crippen molar-refractivity contribution in [3.63, 3.8) is 0 Å². The van der Waals surface area contributed by atoms with Crippen LogP contribution in [0.25, 0.3) is 0 Å². The van der Waals surface area contributed by atoms with E-state index in [1.165, 1.54) is 12.8 Å². The quantitative estimate of drug-likeness (QED) is 0.266. The van der Waals surface area contributed by atoms with Crippen LogP contribution in [-0.2, 0) is 29.7 Å². The van der Waals surface area contributed by atoms with Crippen molar-refractivity contribution in [3.05, 3.63) is 71.4 Å². The lowest BCUT2D eigenvalue weighted by Gasteiger charge is -2.44. The molecule has 3 aliphatic rings. The molecule has 2 atom stereocenters. The smallest absolute Gasteiger partial charge is 0.243 e. The number of nitrogens with one attached hydrogen (secondary N) is 2. The fraction of sp³-hybridized carbons (Fsp3) is 0.433. The summed E-state index contributed by atoms with van der Waals surface area (Å²) in [6.07, 6.45) is 4.93. The number of alkyl halides is 1. The molecule has 1 aliphatic carbocycles. The molecule has 2 unspecified atom stereocenters. The first-order valence-electron chi connectivity index (χ1n) is 13.7. The lowest BCUT2D eigenvalue weighted by molar-refractivity contribution is -0.146. The highest BCUT2D eigenvalue weighted by Crippen LogP contribution is 2.44. The second kappa shape index (κ2) is 10.3. The van der Waals surface area contributed by atoms with E-state index in [1.54, 1.807) is 15.8 Å². The van der Waals surface area contributed by atoms with Crippen LogP contribution in [0, 0.1) is 18.3 Å². The molecular weight excluding hydrogens is 512 g/mol. The van der Waals surface area contributed by atoms with Crippen molar-refractivity contribution in [1.29, 1.82) is 0 Å². The van der Waals surface area contributed by atoms with Gasteiger partial charge >= 0.3 is 0 Å². The second-order valence-corrected chi connectivity index (χ2v) is 11.8. The van der Waals surface area contributed by atoms with Gasteiger partial charge < -0.3 is 15.5 Å². The van der Waals surface area contributed by atoms with E-state index in [1.807, 2.05) is 62.5 Å². The summed E-state index contributed by atoms with van der Waals surface area (Å²) in [5, 5.41) is 11.0. The number of halogens is 1. The Bertz CT molecular complexity index is 1390. The number of carbonyl (C=O) groups is 2. The molecule has 3 heterocycles. The number of piperidine rings is 1. The van der Waals surface area contributed by atoms with Crippen LogP contribution in [0.5, 0.6) is 0 Å². The number of fused-ring (bicyclic) bond motifs is 2. The summed E-state index contributed by atoms with van der Waals surface area (Å²) < 4.78 is 1.78. The number of aromatic nitrogens is 2. The molecule has 0 bridgehead atoms. The van der Waals surface area contributed by atoms with Crippen LogP contribution in [0.4, 0.5) is 17.2 Å². The van der Waals surface area contributed by atoms with Crippen LogP contribution in [0.3, 0.4) is 0 Å². The molecule has 0 spiro atoms. The SMILES string of the molecule is Cc1ccc2c(c1)Nc1c(cnn1C)CN2C(=O)C1(C(=O)NCc2ccccc2)CCN(CC2CC2)C(Cl)C1. The summed E-state index contributed by atoms with van der Waals surface area (Å²) in [7, 11) is 1.88. The predicted molar refractivity (Wildman–Crippen MR) is 153 cm³/mol. The first-order valence-corrected chi connectivity index (χ1v) is 14.2. The normalized spacial score (nSPS) is 22.8. The van der Waals surface area contributed by atoms with Crippen LogP contribution in [0.2, 0.25) is 0 Å². The minimum atomic E-state index is -1.28. The van der Waals surface area contributed by atoms with Crippen LogP contribution >= 0.6 is 11.6 Å². The molecule has 2 aliphatic heterocycles. The third-order valence-electron chi connectivity index (χ3n) is 8.35. The Morgan fingerprint density at radius 2 is 1.97 bits per heavy atom. The summed E-state index contributed by atoms with van der Waals surface area (Å²) in [5.74, 6) is 1.05. The zero-order chi connectivity index (χ0) is 27.1. The highest BCUT2D eigenvalue weighted by molar-refractivity contribution is 6.21. The van der Waals surface area contributed by atoms with Crippen molar-refractivity contribution >= 4 is 40.6 Å². The molecule has 1 saturated heterocycles. The molecular formula is C30H35ClN6O2. The van der Waals surface area contributed by atoms with Gasteiger partial charge in [0.15, 0.2) is 0 Å². The molecule has 9 heteroatoms. The standard InChI is InChI=1S/C30H35ClN6O2/c1-20-8-11-25-24(14-20)34-27-23(17-33-35(27)2)19-37(25)29(39)30(28(38)32-16-21-6-4-3-5-7-21)12-13-36(26(31)15-30)18-22-9-10-22/h3-8,11,14,17,22,26,34H,9-10,12-13,15-16,18-19H2,1-2H3,(H,32,38). The largest absolute Gasteiger partial charge is 0.351 e. The zero-order valence-electron chi connectivity index (χ0n) is 22.5. The minimum Gasteiger partial charge on any atom is -0.351 e. The maximum atomic E-state index is 14.8. The topological polar surface area (TPSA) is 82.5 Å². The second-order valence-electron chi connectivity index (χ2n) is 11.3. The number of carbonyl (C=O) groups excluding carboxylic acids is 2. The summed E-state index contributed by atoms with van der Waals surface area (Å²) in [6.45, 7) is 4.24. The van der Waals surface area contributed by atoms with Crippen LogP contribution in [0.1, 0.15) is 42.4 Å². The van der Waals surface area contributed by atoms with Crippen molar-refractivity contribution in [3.8, 4) is 0 Å². The monoisotopic (exact) mass is 546 g/mol. The Balaban J connectivity index is 1.36. The van der Waals surface area contributed by atoms with Crippen LogP contribution in [0.15, 0.2) is 54.7 Å². The number of benzene rings is 2. The lowest BCUT2D eigenvalue weighted by atomic mass is 9.75. The minimum absolute atomic E-state index is 0.214. The Kier molecular flexibility index (Phi) is 6.85. The third kappa shape index (κ3) is 5.03. The summed E-state index contributed by atoms with van der Waals surface area (Å²) in [5.41, 5.74) is 2.86. The molecule has 8 nitrogen and oxygen atoms in total. The van der Waals surface area contributed by atoms with Crippen LogP contribution in [-0.4, -0.2) is 45.1 Å². The number of hydrogen-bond acceptors (Lipinski definition) is 5. The average molecular weight is 547 g/mol. The number of likely N-dealkylation sites (tertiary alicyclic amines) is 1. The van der Waals surface area contributed by atoms with Gasteiger partial charge in [-0.3, -0.25) is 19.2 Å². The number of hydrogen-bond donors (Lipinski definition) is 2. The first kappa shape index (κ1) is 25.9. The van der Waals surface area contributed by atoms with Crippen molar-refractivity contribution in [2.45, 2.75) is 51.2 Å². The molecule has 2 amide bonds. The molecule has 3 aromatic rings. The van der Waals surface area contributed by atoms with Crippen molar-refractivity contribution in [2.75, 3.05) is 23.3 Å². The summed E-state index contributed by atoms with van der Waals surface area (Å²) in [4.78, 5) is 32.9. The molecule has 1 aromatic heterocycles. The van der Waals surface area contributed by atoms with Gasteiger partial charge in [-0.05, 0) is 55.4 Å². The van der Waals surface area contributed by atoms with E-state index in [9.17, 15) is 9.59 Å². The van der Waals surface area contributed by atoms with E-state index in [-0.39, 0.29) is 23.7 Å². The molecule has 204 valence electrons. The van der Waals surface area contributed by atoms with E-state index >= 15 is 0 Å². The Morgan fingerprint density at radius 3 is 2.72 bits per heavy atom. The van der Waals surface area contributed by atoms with Gasteiger partial charge in [-0.1, -0.05) is 36.4 Å². The van der Waals surface area contributed by atoms with E-state index in [4.69, 9.17) is 11.6 Å². The number of anilines is 3. The van der Waals surface area contributed by atoms with E-state index in [2.05, 4.69) is 20.6 Å². The number of aryl methyl sites for hydroxylation is 2. The Morgan fingerprint density at radius 1 is 1.18 bits per heavy atom. The first-order chi connectivity index (χ1) is 18.8. The number of nitrogens with zero attached hydrogens (tertiary/aromatic N) is 4. The predicted octanol–water partition coefficient (Wildman–Crippen LogP) is 4.69.